The molecule has 1 atom stereocenters. The van der Waals surface area contributed by atoms with E-state index in [4.69, 9.17) is 17.3 Å². The van der Waals surface area contributed by atoms with Gasteiger partial charge < -0.3 is 11.1 Å². The Morgan fingerprint density at radius 2 is 1.61 bits per heavy atom. The first kappa shape index (κ1) is 26.9. The lowest BCUT2D eigenvalue weighted by Crippen LogP contribution is -2.56. The van der Waals surface area contributed by atoms with Crippen LogP contribution < -0.4 is 11.1 Å². The molecule has 1 unspecified atom stereocenters. The number of hydrogen-bond acceptors (Lipinski definition) is 7. The summed E-state index contributed by atoms with van der Waals surface area (Å²) < 4.78 is 70.7. The molecular formula is C21H28ClFN6O5S2. The number of hydrogen-bond donors (Lipinski definition) is 2. The van der Waals surface area contributed by atoms with E-state index in [1.165, 1.54) is 18.7 Å². The summed E-state index contributed by atoms with van der Waals surface area (Å²) in [4.78, 5) is 13.0. The number of amides is 1. The van der Waals surface area contributed by atoms with E-state index in [0.717, 1.165) is 32.9 Å². The minimum atomic E-state index is -4.43. The van der Waals surface area contributed by atoms with E-state index in [1.807, 2.05) is 0 Å². The highest BCUT2D eigenvalue weighted by molar-refractivity contribution is 7.90. The molecule has 11 nitrogen and oxygen atoms in total. The molecule has 1 amide bonds. The van der Waals surface area contributed by atoms with Crippen LogP contribution in [0.25, 0.3) is 0 Å². The second-order valence-corrected chi connectivity index (χ2v) is 13.1. The van der Waals surface area contributed by atoms with Crippen LogP contribution in [0.4, 0.5) is 4.39 Å². The normalized spacial score (nSPS) is 24.2. The molecule has 1 aromatic heterocycles. The number of sulfonamides is 2. The van der Waals surface area contributed by atoms with Gasteiger partial charge in [-0.3, -0.25) is 9.48 Å². The van der Waals surface area contributed by atoms with E-state index < -0.39 is 37.9 Å². The van der Waals surface area contributed by atoms with E-state index >= 15 is 0 Å². The molecule has 3 N–H and O–H groups in total. The van der Waals surface area contributed by atoms with Gasteiger partial charge in [-0.1, -0.05) is 11.6 Å². The van der Waals surface area contributed by atoms with Crippen LogP contribution in [0.1, 0.15) is 31.4 Å². The molecule has 0 spiro atoms. The summed E-state index contributed by atoms with van der Waals surface area (Å²) in [5.74, 6) is -1.41. The van der Waals surface area contributed by atoms with Gasteiger partial charge in [0.2, 0.25) is 20.0 Å². The highest BCUT2D eigenvalue weighted by Gasteiger charge is 2.51. The smallest absolute Gasteiger partial charge is 0.254 e. The van der Waals surface area contributed by atoms with E-state index in [1.54, 1.807) is 0 Å². The summed E-state index contributed by atoms with van der Waals surface area (Å²) in [5, 5.41) is 6.69. The van der Waals surface area contributed by atoms with Gasteiger partial charge in [0.25, 0.3) is 5.91 Å². The molecule has 2 heterocycles. The van der Waals surface area contributed by atoms with Crippen molar-refractivity contribution in [3.8, 4) is 0 Å². The zero-order chi connectivity index (χ0) is 26.4. The minimum absolute atomic E-state index is 0.0209. The summed E-state index contributed by atoms with van der Waals surface area (Å²) in [6.45, 7) is 0.882. The lowest BCUT2D eigenvalue weighted by molar-refractivity contribution is -0.127. The van der Waals surface area contributed by atoms with Gasteiger partial charge in [-0.25, -0.2) is 21.2 Å². The van der Waals surface area contributed by atoms with Gasteiger partial charge in [-0.15, -0.1) is 0 Å². The van der Waals surface area contributed by atoms with Crippen molar-refractivity contribution in [1.82, 2.24) is 23.7 Å². The molecule has 1 aliphatic heterocycles. The zero-order valence-electron chi connectivity index (χ0n) is 19.8. The van der Waals surface area contributed by atoms with Crippen molar-refractivity contribution in [1.29, 1.82) is 0 Å². The monoisotopic (exact) mass is 562 g/mol. The number of nitrogens with two attached hydrogens (primary N) is 1. The highest BCUT2D eigenvalue weighted by atomic mass is 35.5. The van der Waals surface area contributed by atoms with Crippen molar-refractivity contribution >= 4 is 37.6 Å². The van der Waals surface area contributed by atoms with Crippen LogP contribution >= 0.6 is 11.6 Å². The highest BCUT2D eigenvalue weighted by Crippen LogP contribution is 2.34. The number of aryl methyl sites for hydroxylation is 2. The van der Waals surface area contributed by atoms with Gasteiger partial charge in [0.1, 0.15) is 15.9 Å². The van der Waals surface area contributed by atoms with Gasteiger partial charge in [0.05, 0.1) is 10.6 Å². The van der Waals surface area contributed by atoms with Crippen LogP contribution in [0.3, 0.4) is 0 Å². The van der Waals surface area contributed by atoms with Crippen LogP contribution in [0.15, 0.2) is 34.1 Å². The van der Waals surface area contributed by atoms with Gasteiger partial charge in [0, 0.05) is 32.2 Å². The SMILES string of the molecule is Cc1nn(C)c(Cl)c1S(=O)(=O)N1CCN(S(=O)(=O)c2ccc(F)cc2)C1C(=O)NC1CCC(N)CC1. The first-order valence-electron chi connectivity index (χ1n) is 11.4. The van der Waals surface area contributed by atoms with Crippen molar-refractivity contribution in [2.75, 3.05) is 13.1 Å². The number of rotatable bonds is 6. The summed E-state index contributed by atoms with van der Waals surface area (Å²) >= 11 is 6.23. The molecule has 2 aliphatic rings. The lowest BCUT2D eigenvalue weighted by Gasteiger charge is -2.32. The first-order chi connectivity index (χ1) is 16.8. The zero-order valence-corrected chi connectivity index (χ0v) is 22.2. The molecule has 1 aromatic carbocycles. The molecule has 1 saturated carbocycles. The maximum absolute atomic E-state index is 13.7. The predicted octanol–water partition coefficient (Wildman–Crippen LogP) is 0.928. The standard InChI is InChI=1S/C21H28ClFN6O5S2/c1-13-18(19(22)27(2)26-13)36(33,34)29-12-11-28(35(31,32)17-9-3-14(23)4-10-17)21(29)20(30)25-16-7-5-15(24)6-8-16/h3-4,9-10,15-16,21H,5-8,11-12,24H2,1-2H3,(H,25,30). The molecule has 0 bridgehead atoms. The van der Waals surface area contributed by atoms with Gasteiger partial charge in [-0.05, 0) is 56.9 Å². The average Bonchev–Trinajstić information content (AvgIpc) is 3.38. The maximum Gasteiger partial charge on any atom is 0.254 e. The molecular weight excluding hydrogens is 535 g/mol. The van der Waals surface area contributed by atoms with Crippen LogP contribution in [0.5, 0.6) is 0 Å². The minimum Gasteiger partial charge on any atom is -0.351 e. The van der Waals surface area contributed by atoms with E-state index in [-0.39, 0.29) is 45.8 Å². The first-order valence-corrected chi connectivity index (χ1v) is 14.6. The van der Waals surface area contributed by atoms with Crippen LogP contribution in [0, 0.1) is 12.7 Å². The van der Waals surface area contributed by atoms with Crippen molar-refractivity contribution in [3.05, 3.63) is 40.9 Å². The third-order valence-electron chi connectivity index (χ3n) is 6.53. The molecule has 2 fully saturated rings. The molecule has 4 rings (SSSR count). The Hall–Kier alpha value is -2.10. The lowest BCUT2D eigenvalue weighted by atomic mass is 9.92. The number of aromatic nitrogens is 2. The molecule has 1 aliphatic carbocycles. The van der Waals surface area contributed by atoms with Crippen molar-refractivity contribution < 1.29 is 26.0 Å². The van der Waals surface area contributed by atoms with Crippen molar-refractivity contribution in [2.45, 2.75) is 60.6 Å². The van der Waals surface area contributed by atoms with Gasteiger partial charge >= 0.3 is 0 Å². The molecule has 198 valence electrons. The number of carbonyl (C=O) groups excluding carboxylic acids is 1. The Bertz CT molecular complexity index is 1360. The number of nitrogens with zero attached hydrogens (tertiary/aromatic N) is 4. The topological polar surface area (TPSA) is 148 Å². The molecule has 0 radical (unpaired) electrons. The second-order valence-electron chi connectivity index (χ2n) is 9.01. The van der Waals surface area contributed by atoms with Crippen molar-refractivity contribution in [3.63, 3.8) is 0 Å². The fourth-order valence-corrected chi connectivity index (χ4v) is 8.51. The predicted molar refractivity (Wildman–Crippen MR) is 129 cm³/mol. The third-order valence-corrected chi connectivity index (χ3v) is 10.9. The Morgan fingerprint density at radius 1 is 1.06 bits per heavy atom. The number of halogens is 2. The summed E-state index contributed by atoms with van der Waals surface area (Å²) in [5.41, 5.74) is 6.06. The molecule has 1 saturated heterocycles. The number of carbonyl (C=O) groups is 1. The summed E-state index contributed by atoms with van der Waals surface area (Å²) in [7, 11) is -7.32. The van der Waals surface area contributed by atoms with Crippen LogP contribution in [-0.4, -0.2) is 72.5 Å². The second kappa shape index (κ2) is 9.99. The Labute approximate surface area is 214 Å². The van der Waals surface area contributed by atoms with Crippen LogP contribution in [0.2, 0.25) is 5.15 Å². The molecule has 2 aromatic rings. The fourth-order valence-electron chi connectivity index (χ4n) is 4.65. The fraction of sp³-hybridized carbons (Fsp3) is 0.524. The summed E-state index contributed by atoms with van der Waals surface area (Å²) in [6, 6.07) is 3.85. The Morgan fingerprint density at radius 3 is 2.14 bits per heavy atom. The molecule has 36 heavy (non-hydrogen) atoms. The number of nitrogens with one attached hydrogen (secondary N) is 1. The number of benzene rings is 1. The maximum atomic E-state index is 13.7. The van der Waals surface area contributed by atoms with Crippen LogP contribution in [-0.2, 0) is 31.9 Å². The van der Waals surface area contributed by atoms with E-state index in [2.05, 4.69) is 10.4 Å². The summed E-state index contributed by atoms with van der Waals surface area (Å²) in [6.07, 6.45) is 0.825. The Kier molecular flexibility index (Phi) is 7.48. The molecule has 15 heteroatoms. The van der Waals surface area contributed by atoms with Crippen molar-refractivity contribution in [2.24, 2.45) is 12.8 Å². The average molecular weight is 563 g/mol. The van der Waals surface area contributed by atoms with E-state index in [0.29, 0.717) is 25.7 Å². The van der Waals surface area contributed by atoms with Gasteiger partial charge in [0.15, 0.2) is 6.17 Å². The largest absolute Gasteiger partial charge is 0.351 e. The Balaban J connectivity index is 1.74. The third kappa shape index (κ3) is 4.89. The quantitative estimate of drug-likeness (QED) is 0.532. The van der Waals surface area contributed by atoms with E-state index in [9.17, 15) is 26.0 Å². The van der Waals surface area contributed by atoms with Gasteiger partial charge in [-0.2, -0.15) is 13.7 Å².